The van der Waals surface area contributed by atoms with Crippen LogP contribution < -0.4 is 0 Å². The molecule has 0 saturated carbocycles. The van der Waals surface area contributed by atoms with Gasteiger partial charge in [0.05, 0.1) is 11.3 Å². The number of allylic oxidation sites excluding steroid dienone is 1. The van der Waals surface area contributed by atoms with Crippen LogP contribution in [0.4, 0.5) is 0 Å². The molecular weight excluding hydrogens is 274 g/mol. The Bertz CT molecular complexity index is 730. The highest BCUT2D eigenvalue weighted by Crippen LogP contribution is 2.26. The average molecular weight is 297 g/mol. The van der Waals surface area contributed by atoms with Gasteiger partial charge in [-0.1, -0.05) is 51.1 Å². The molecule has 2 rings (SSSR count). The Hall–Kier alpha value is -2.29. The summed E-state index contributed by atoms with van der Waals surface area (Å²) in [4.78, 5) is 11.3. The summed E-state index contributed by atoms with van der Waals surface area (Å²) in [7, 11) is 0. The third-order valence-corrected chi connectivity index (χ3v) is 3.60. The van der Waals surface area contributed by atoms with E-state index in [0.717, 1.165) is 22.6 Å². The summed E-state index contributed by atoms with van der Waals surface area (Å²) in [6, 6.07) is 9.77. The second-order valence-electron chi connectivity index (χ2n) is 6.68. The van der Waals surface area contributed by atoms with E-state index in [1.54, 1.807) is 6.07 Å². The highest BCUT2D eigenvalue weighted by Gasteiger charge is 2.17. The van der Waals surface area contributed by atoms with Crippen LogP contribution in [-0.4, -0.2) is 15.6 Å². The highest BCUT2D eigenvalue weighted by atomic mass is 16.4. The number of benzene rings is 1. The number of aromatic nitrogens is 1. The molecule has 0 spiro atoms. The fraction of sp³-hybridized carbons (Fsp3) is 0.316. The van der Waals surface area contributed by atoms with Gasteiger partial charge in [0.15, 0.2) is 0 Å². The molecule has 0 amide bonds. The zero-order chi connectivity index (χ0) is 16.5. The Labute approximate surface area is 131 Å². The smallest absolute Gasteiger partial charge is 0.337 e. The molecule has 0 bridgehead atoms. The van der Waals surface area contributed by atoms with Crippen LogP contribution in [0.5, 0.6) is 0 Å². The quantitative estimate of drug-likeness (QED) is 0.879. The van der Waals surface area contributed by atoms with E-state index in [9.17, 15) is 9.90 Å². The van der Waals surface area contributed by atoms with E-state index < -0.39 is 5.97 Å². The Kier molecular flexibility index (Phi) is 4.27. The first-order chi connectivity index (χ1) is 10.2. The molecule has 0 saturated heterocycles. The third kappa shape index (κ3) is 3.30. The van der Waals surface area contributed by atoms with Gasteiger partial charge in [0, 0.05) is 11.4 Å². The molecule has 0 aliphatic rings. The van der Waals surface area contributed by atoms with Crippen LogP contribution in [-0.2, 0) is 0 Å². The van der Waals surface area contributed by atoms with Crippen LogP contribution in [0.15, 0.2) is 36.4 Å². The first-order valence-corrected chi connectivity index (χ1v) is 7.41. The lowest BCUT2D eigenvalue weighted by Gasteiger charge is -2.15. The van der Waals surface area contributed by atoms with Crippen LogP contribution in [0.1, 0.15) is 48.1 Å². The van der Waals surface area contributed by atoms with Gasteiger partial charge in [-0.15, -0.1) is 0 Å². The predicted molar refractivity (Wildman–Crippen MR) is 90.7 cm³/mol. The van der Waals surface area contributed by atoms with E-state index in [1.165, 1.54) is 0 Å². The van der Waals surface area contributed by atoms with Crippen molar-refractivity contribution in [3.63, 3.8) is 0 Å². The molecule has 0 aliphatic carbocycles. The third-order valence-electron chi connectivity index (χ3n) is 3.60. The molecule has 3 nitrogen and oxygen atoms in total. The number of carboxylic acid groups (broad SMARTS) is 1. The molecule has 0 unspecified atom stereocenters. The molecular formula is C19H23NO2. The second-order valence-corrected chi connectivity index (χ2v) is 6.68. The molecule has 22 heavy (non-hydrogen) atoms. The van der Waals surface area contributed by atoms with Crippen molar-refractivity contribution in [2.45, 2.75) is 34.6 Å². The maximum absolute atomic E-state index is 11.3. The van der Waals surface area contributed by atoms with E-state index >= 15 is 0 Å². The first-order valence-electron chi connectivity index (χ1n) is 7.41. The number of carboxylic acids is 1. The fourth-order valence-electron chi connectivity index (χ4n) is 2.52. The lowest BCUT2D eigenvalue weighted by atomic mass is 9.95. The van der Waals surface area contributed by atoms with Gasteiger partial charge < -0.3 is 9.67 Å². The number of nitrogens with zero attached hydrogens (tertiary/aromatic N) is 1. The van der Waals surface area contributed by atoms with Crippen molar-refractivity contribution in [2.75, 3.05) is 0 Å². The van der Waals surface area contributed by atoms with Crippen molar-refractivity contribution in [3.05, 3.63) is 58.9 Å². The number of aryl methyl sites for hydroxylation is 1. The highest BCUT2D eigenvalue weighted by molar-refractivity contribution is 5.89. The topological polar surface area (TPSA) is 42.2 Å². The minimum atomic E-state index is -0.887. The molecule has 1 aromatic carbocycles. The summed E-state index contributed by atoms with van der Waals surface area (Å²) in [5.41, 5.74) is 4.21. The standard InChI is InChI=1S/C19H23NO2/c1-13-12-16(18(21)22)14(2)20(13)17-9-7-6-8-15(17)10-11-19(3,4)5/h6-12H,1-5H3,(H,21,22). The monoisotopic (exact) mass is 297 g/mol. The van der Waals surface area contributed by atoms with Crippen LogP contribution >= 0.6 is 0 Å². The van der Waals surface area contributed by atoms with Crippen LogP contribution in [0.3, 0.4) is 0 Å². The molecule has 2 aromatic rings. The predicted octanol–water partition coefficient (Wildman–Crippen LogP) is 4.85. The van der Waals surface area contributed by atoms with Crippen LogP contribution in [0.2, 0.25) is 0 Å². The minimum Gasteiger partial charge on any atom is -0.478 e. The summed E-state index contributed by atoms with van der Waals surface area (Å²) < 4.78 is 2.01. The van der Waals surface area contributed by atoms with Gasteiger partial charge in [0.2, 0.25) is 0 Å². The maximum atomic E-state index is 11.3. The molecule has 116 valence electrons. The van der Waals surface area contributed by atoms with E-state index in [-0.39, 0.29) is 5.41 Å². The lowest BCUT2D eigenvalue weighted by molar-refractivity contribution is 0.0696. The van der Waals surface area contributed by atoms with Gasteiger partial charge in [-0.25, -0.2) is 4.79 Å². The summed E-state index contributed by atoms with van der Waals surface area (Å²) in [6.45, 7) is 10.2. The largest absolute Gasteiger partial charge is 0.478 e. The average Bonchev–Trinajstić information content (AvgIpc) is 2.71. The fourth-order valence-corrected chi connectivity index (χ4v) is 2.52. The van der Waals surface area contributed by atoms with Crippen molar-refractivity contribution in [2.24, 2.45) is 5.41 Å². The van der Waals surface area contributed by atoms with E-state index in [0.29, 0.717) is 5.56 Å². The van der Waals surface area contributed by atoms with Gasteiger partial charge in [-0.3, -0.25) is 0 Å². The van der Waals surface area contributed by atoms with Gasteiger partial charge in [-0.05, 0) is 37.0 Å². The number of carbonyl (C=O) groups is 1. The van der Waals surface area contributed by atoms with Crippen molar-refractivity contribution < 1.29 is 9.90 Å². The Morgan fingerprint density at radius 1 is 1.18 bits per heavy atom. The maximum Gasteiger partial charge on any atom is 0.337 e. The van der Waals surface area contributed by atoms with Crippen molar-refractivity contribution in [1.29, 1.82) is 0 Å². The van der Waals surface area contributed by atoms with Gasteiger partial charge >= 0.3 is 5.97 Å². The van der Waals surface area contributed by atoms with Crippen LogP contribution in [0, 0.1) is 19.3 Å². The van der Waals surface area contributed by atoms with Gasteiger partial charge in [0.1, 0.15) is 0 Å². The van der Waals surface area contributed by atoms with E-state index in [2.05, 4.69) is 39.0 Å². The van der Waals surface area contributed by atoms with Gasteiger partial charge in [0.25, 0.3) is 0 Å². The molecule has 0 fully saturated rings. The van der Waals surface area contributed by atoms with Gasteiger partial charge in [-0.2, -0.15) is 0 Å². The summed E-state index contributed by atoms with van der Waals surface area (Å²) in [6.07, 6.45) is 4.27. The first kappa shape index (κ1) is 16.1. The van der Waals surface area contributed by atoms with E-state index in [4.69, 9.17) is 0 Å². The molecule has 3 heteroatoms. The Morgan fingerprint density at radius 2 is 1.82 bits per heavy atom. The molecule has 1 aromatic heterocycles. The minimum absolute atomic E-state index is 0.0973. The Morgan fingerprint density at radius 3 is 2.36 bits per heavy atom. The number of hydrogen-bond acceptors (Lipinski definition) is 1. The van der Waals surface area contributed by atoms with Crippen molar-refractivity contribution in [3.8, 4) is 5.69 Å². The molecule has 0 aliphatic heterocycles. The molecule has 1 N–H and O–H groups in total. The lowest BCUT2D eigenvalue weighted by Crippen LogP contribution is -2.04. The SMILES string of the molecule is Cc1cc(C(=O)O)c(C)n1-c1ccccc1C=CC(C)(C)C. The number of aromatic carboxylic acids is 1. The molecule has 1 heterocycles. The zero-order valence-electron chi connectivity index (χ0n) is 13.8. The molecule has 0 radical (unpaired) electrons. The number of para-hydroxylation sites is 1. The van der Waals surface area contributed by atoms with Crippen molar-refractivity contribution >= 4 is 12.0 Å². The second kappa shape index (κ2) is 5.84. The molecule has 0 atom stereocenters. The zero-order valence-corrected chi connectivity index (χ0v) is 13.8. The Balaban J connectivity index is 2.60. The van der Waals surface area contributed by atoms with E-state index in [1.807, 2.05) is 36.6 Å². The number of hydrogen-bond donors (Lipinski definition) is 1. The number of rotatable bonds is 3. The van der Waals surface area contributed by atoms with Crippen molar-refractivity contribution in [1.82, 2.24) is 4.57 Å². The summed E-state index contributed by atoms with van der Waals surface area (Å²) in [5.74, 6) is -0.887. The van der Waals surface area contributed by atoms with Crippen LogP contribution in [0.25, 0.3) is 11.8 Å². The normalized spacial score (nSPS) is 12.0. The summed E-state index contributed by atoms with van der Waals surface area (Å²) >= 11 is 0. The summed E-state index contributed by atoms with van der Waals surface area (Å²) in [5, 5.41) is 9.30.